The molecule has 33 heavy (non-hydrogen) atoms. The summed E-state index contributed by atoms with van der Waals surface area (Å²) in [5.74, 6) is -42.5. The van der Waals surface area contributed by atoms with Crippen molar-refractivity contribution in [3.8, 4) is 0 Å². The highest BCUT2D eigenvalue weighted by Crippen LogP contribution is 2.60. The molecule has 0 fully saturated rings. The van der Waals surface area contributed by atoms with Gasteiger partial charge in [0.15, 0.2) is 0 Å². The minimum Gasteiger partial charge on any atom is -0.266 e. The van der Waals surface area contributed by atoms with Crippen molar-refractivity contribution in [2.24, 2.45) is 5.10 Å². The lowest BCUT2D eigenvalue weighted by atomic mass is 9.93. The molecule has 0 atom stereocenters. The van der Waals surface area contributed by atoms with Crippen LogP contribution in [0.15, 0.2) is 29.4 Å². The fourth-order valence-corrected chi connectivity index (χ4v) is 1.83. The van der Waals surface area contributed by atoms with Gasteiger partial charge in [0.1, 0.15) is 0 Å². The number of halogens is 13. The first kappa shape index (κ1) is 27.9. The number of hydrogen-bond acceptors (Lipinski definition) is 4. The van der Waals surface area contributed by atoms with Crippen molar-refractivity contribution in [2.75, 3.05) is 0 Å². The summed E-state index contributed by atoms with van der Waals surface area (Å²) < 4.78 is 168. The van der Waals surface area contributed by atoms with Crippen molar-refractivity contribution in [2.45, 2.75) is 35.8 Å². The van der Waals surface area contributed by atoms with Crippen LogP contribution in [0.1, 0.15) is 5.56 Å². The van der Waals surface area contributed by atoms with Gasteiger partial charge in [-0.3, -0.25) is 14.9 Å². The van der Waals surface area contributed by atoms with E-state index in [4.69, 9.17) is 0 Å². The van der Waals surface area contributed by atoms with Gasteiger partial charge in [0.2, 0.25) is 0 Å². The Kier molecular flexibility index (Phi) is 7.03. The quantitative estimate of drug-likeness (QED) is 0.236. The third kappa shape index (κ3) is 4.52. The Morgan fingerprint density at radius 2 is 1.21 bits per heavy atom. The minimum absolute atomic E-state index is 0.252. The highest BCUT2D eigenvalue weighted by Gasteiger charge is 2.91. The monoisotopic (exact) mass is 511 g/mol. The Hall–Kier alpha value is -3.15. The van der Waals surface area contributed by atoms with Crippen LogP contribution in [-0.4, -0.2) is 52.8 Å². The van der Waals surface area contributed by atoms with Crippen LogP contribution < -0.4 is 5.43 Å². The topological polar surface area (TPSA) is 84.6 Å². The van der Waals surface area contributed by atoms with Crippen molar-refractivity contribution < 1.29 is 66.8 Å². The van der Waals surface area contributed by atoms with E-state index in [1.807, 2.05) is 0 Å². The Morgan fingerprint density at radius 3 is 1.61 bits per heavy atom. The maximum absolute atomic E-state index is 13.5. The van der Waals surface area contributed by atoms with Crippen molar-refractivity contribution in [3.05, 3.63) is 39.9 Å². The van der Waals surface area contributed by atoms with E-state index >= 15 is 0 Å². The van der Waals surface area contributed by atoms with Gasteiger partial charge in [-0.2, -0.15) is 62.2 Å². The highest BCUT2D eigenvalue weighted by atomic mass is 19.4. The minimum atomic E-state index is -8.13. The van der Waals surface area contributed by atoms with Gasteiger partial charge in [0.05, 0.1) is 11.1 Å². The Morgan fingerprint density at radius 1 is 0.788 bits per heavy atom. The second kappa shape index (κ2) is 8.32. The number of non-ortho nitro benzene ring substituents is 1. The van der Waals surface area contributed by atoms with E-state index in [0.29, 0.717) is 11.6 Å². The number of hydrogen-bond donors (Lipinski definition) is 1. The van der Waals surface area contributed by atoms with Crippen molar-refractivity contribution >= 4 is 17.8 Å². The zero-order valence-corrected chi connectivity index (χ0v) is 14.9. The maximum Gasteiger partial charge on any atom is 0.460 e. The second-order valence-corrected chi connectivity index (χ2v) is 5.92. The molecule has 1 rings (SSSR count). The molecule has 1 aromatic rings. The van der Waals surface area contributed by atoms with Crippen LogP contribution in [0, 0.1) is 10.1 Å². The van der Waals surface area contributed by atoms with Crippen LogP contribution in [-0.2, 0) is 4.79 Å². The fourth-order valence-electron chi connectivity index (χ4n) is 1.83. The number of nitro benzene ring substituents is 1. The second-order valence-electron chi connectivity index (χ2n) is 5.92. The van der Waals surface area contributed by atoms with E-state index in [0.717, 1.165) is 24.3 Å². The molecule has 1 amide bonds. The largest absolute Gasteiger partial charge is 0.460 e. The van der Waals surface area contributed by atoms with Crippen LogP contribution in [0.3, 0.4) is 0 Å². The van der Waals surface area contributed by atoms with Crippen molar-refractivity contribution in [1.29, 1.82) is 0 Å². The lowest BCUT2D eigenvalue weighted by Crippen LogP contribution is -2.71. The van der Waals surface area contributed by atoms with Crippen molar-refractivity contribution in [3.63, 3.8) is 0 Å². The number of benzene rings is 1. The van der Waals surface area contributed by atoms with E-state index < -0.39 is 52.3 Å². The molecule has 0 aliphatic carbocycles. The van der Waals surface area contributed by atoms with Gasteiger partial charge < -0.3 is 0 Å². The molecule has 1 N–H and O–H groups in total. The number of amides is 1. The molecule has 186 valence electrons. The molecule has 0 heterocycles. The number of alkyl halides is 13. The van der Waals surface area contributed by atoms with Gasteiger partial charge in [-0.15, -0.1) is 0 Å². The smallest absolute Gasteiger partial charge is 0.266 e. The first-order valence-corrected chi connectivity index (χ1v) is 7.59. The molecule has 0 unspecified atom stereocenters. The van der Waals surface area contributed by atoms with E-state index in [-0.39, 0.29) is 5.56 Å². The molecule has 0 saturated heterocycles. The molecule has 0 saturated carbocycles. The number of rotatable bonds is 8. The molecule has 0 radical (unpaired) electrons. The molecular weight excluding hydrogens is 505 g/mol. The van der Waals surface area contributed by atoms with Crippen LogP contribution in [0.25, 0.3) is 0 Å². The highest BCUT2D eigenvalue weighted by molar-refractivity contribution is 5.87. The number of hydrazone groups is 1. The van der Waals surface area contributed by atoms with Gasteiger partial charge in [0.25, 0.3) is 5.69 Å². The molecule has 6 nitrogen and oxygen atoms in total. The predicted molar refractivity (Wildman–Crippen MR) is 79.6 cm³/mol. The van der Waals surface area contributed by atoms with E-state index in [1.165, 1.54) is 0 Å². The number of nitrogens with zero attached hydrogens (tertiary/aromatic N) is 2. The van der Waals surface area contributed by atoms with Gasteiger partial charge in [0, 0.05) is 12.1 Å². The number of carbonyl (C=O) groups excluding carboxylic acids is 1. The maximum atomic E-state index is 13.5. The molecule has 0 spiro atoms. The number of nitro groups is 1. The Labute approximate surface area is 172 Å². The summed E-state index contributed by atoms with van der Waals surface area (Å²) in [6.45, 7) is 0. The summed E-state index contributed by atoms with van der Waals surface area (Å²) in [6.07, 6.45) is -7.25. The molecule has 1 aromatic carbocycles. The Bertz CT molecular complexity index is 927. The first-order valence-electron chi connectivity index (χ1n) is 7.59. The van der Waals surface area contributed by atoms with Crippen LogP contribution in [0.5, 0.6) is 0 Å². The lowest BCUT2D eigenvalue weighted by molar-refractivity contribution is -0.436. The molecule has 0 aliphatic rings. The summed E-state index contributed by atoms with van der Waals surface area (Å²) in [5.41, 5.74) is -0.265. The van der Waals surface area contributed by atoms with E-state index in [9.17, 15) is 72.0 Å². The zero-order valence-electron chi connectivity index (χ0n) is 14.9. The average Bonchev–Trinajstić information content (AvgIpc) is 2.66. The van der Waals surface area contributed by atoms with Gasteiger partial charge in [-0.05, 0) is 17.7 Å². The summed E-state index contributed by atoms with van der Waals surface area (Å²) >= 11 is 0. The molecule has 19 heteroatoms. The summed E-state index contributed by atoms with van der Waals surface area (Å²) in [6, 6.07) is 3.31. The van der Waals surface area contributed by atoms with E-state index in [2.05, 4.69) is 5.10 Å². The third-order valence-electron chi connectivity index (χ3n) is 3.70. The van der Waals surface area contributed by atoms with Crippen molar-refractivity contribution in [1.82, 2.24) is 5.43 Å². The predicted octanol–water partition coefficient (Wildman–Crippen LogP) is 4.78. The fraction of sp³-hybridized carbons (Fsp3) is 0.429. The van der Waals surface area contributed by atoms with Crippen LogP contribution in [0.2, 0.25) is 0 Å². The Balaban J connectivity index is 3.20. The molecular formula is C14H6F13N3O3. The van der Waals surface area contributed by atoms with Crippen LogP contribution in [0.4, 0.5) is 62.8 Å². The average molecular weight is 511 g/mol. The normalized spacial score (nSPS) is 14.5. The van der Waals surface area contributed by atoms with E-state index in [1.54, 1.807) is 0 Å². The lowest BCUT2D eigenvalue weighted by Gasteiger charge is -2.38. The summed E-state index contributed by atoms with van der Waals surface area (Å²) in [4.78, 5) is 20.7. The standard InChI is InChI=1S/C14H6F13N3O3/c15-9(16,8(31)29-28-5-6-1-3-7(4-2-6)30(32)33)10(17,18)11(19,20)12(21,22)13(23,24)14(25,26)27/h1-5H,(H,29,31)/b28-5-. The third-order valence-corrected chi connectivity index (χ3v) is 3.70. The van der Waals surface area contributed by atoms with Gasteiger partial charge in [-0.25, -0.2) is 5.43 Å². The summed E-state index contributed by atoms with van der Waals surface area (Å²) in [7, 11) is 0. The van der Waals surface area contributed by atoms with Crippen LogP contribution >= 0.6 is 0 Å². The molecule has 0 aromatic heterocycles. The van der Waals surface area contributed by atoms with Gasteiger partial charge in [-0.1, -0.05) is 0 Å². The summed E-state index contributed by atoms with van der Waals surface area (Å²) in [5, 5.41) is 13.0. The molecule has 0 aliphatic heterocycles. The van der Waals surface area contributed by atoms with Gasteiger partial charge >= 0.3 is 41.7 Å². The number of carbonyl (C=O) groups is 1. The first-order chi connectivity index (χ1) is 14.6. The number of nitrogens with one attached hydrogen (secondary N) is 1. The SMILES string of the molecule is O=C(N/N=C\c1ccc([N+](=O)[O-])cc1)C(F)(F)C(F)(F)C(F)(F)C(F)(F)C(F)(F)C(F)(F)F. The zero-order chi connectivity index (χ0) is 26.3. The molecule has 0 bridgehead atoms.